The number of piperidine rings is 2. The van der Waals surface area contributed by atoms with Gasteiger partial charge in [-0.2, -0.15) is 0 Å². The van der Waals surface area contributed by atoms with E-state index >= 15 is 0 Å². The number of esters is 1. The number of ketones is 1. The molecule has 2 aliphatic heterocycles. The summed E-state index contributed by atoms with van der Waals surface area (Å²) in [5.74, 6) is 0.235. The van der Waals surface area contributed by atoms with Gasteiger partial charge in [0, 0.05) is 50.9 Å². The van der Waals surface area contributed by atoms with Crippen LogP contribution in [0.3, 0.4) is 0 Å². The first-order valence-electron chi connectivity index (χ1n) is 16.6. The molecule has 0 unspecified atom stereocenters. The highest BCUT2D eigenvalue weighted by Crippen LogP contribution is 2.31. The number of Topliss-reactive ketones (excluding diaryl/α,β-unsaturated/α-hetero) is 1. The molecule has 0 aliphatic carbocycles. The van der Waals surface area contributed by atoms with Crippen molar-refractivity contribution < 1.29 is 33.4 Å². The van der Waals surface area contributed by atoms with Crippen molar-refractivity contribution in [1.82, 2.24) is 9.80 Å². The number of benzene rings is 2. The number of amides is 2. The molecule has 2 aliphatic rings. The minimum absolute atomic E-state index is 0.0662. The lowest BCUT2D eigenvalue weighted by atomic mass is 9.84. The normalized spacial score (nSPS) is 18.0. The number of hydrogen-bond acceptors (Lipinski definition) is 7. The van der Waals surface area contributed by atoms with Crippen LogP contribution < -0.4 is 4.74 Å². The molecule has 0 saturated carbocycles. The van der Waals surface area contributed by atoms with Crippen LogP contribution in [-0.4, -0.2) is 72.4 Å². The second-order valence-corrected chi connectivity index (χ2v) is 13.6. The Hall–Kier alpha value is -3.88. The van der Waals surface area contributed by atoms with E-state index in [0.29, 0.717) is 50.9 Å². The highest BCUT2D eigenvalue weighted by atomic mass is 16.6. The monoisotopic (exact) mass is 634 g/mol. The third-order valence-electron chi connectivity index (χ3n) is 8.93. The summed E-state index contributed by atoms with van der Waals surface area (Å²) < 4.78 is 16.5. The van der Waals surface area contributed by atoms with E-state index in [4.69, 9.17) is 14.2 Å². The molecule has 9 heteroatoms. The van der Waals surface area contributed by atoms with Crippen LogP contribution in [0.4, 0.5) is 4.79 Å². The van der Waals surface area contributed by atoms with Gasteiger partial charge in [-0.15, -0.1) is 0 Å². The van der Waals surface area contributed by atoms with E-state index in [0.717, 1.165) is 43.2 Å². The number of rotatable bonds is 12. The van der Waals surface area contributed by atoms with Crippen molar-refractivity contribution in [2.75, 3.05) is 33.3 Å². The number of nitrogens with zero attached hydrogens (tertiary/aromatic N) is 2. The topological polar surface area (TPSA) is 102 Å². The number of methoxy groups -OCH3 is 1. The summed E-state index contributed by atoms with van der Waals surface area (Å²) in [6, 6.07) is 17.5. The predicted molar refractivity (Wildman–Crippen MR) is 175 cm³/mol. The fourth-order valence-corrected chi connectivity index (χ4v) is 6.28. The van der Waals surface area contributed by atoms with E-state index in [1.54, 1.807) is 4.90 Å². The second-order valence-electron chi connectivity index (χ2n) is 13.6. The largest absolute Gasteiger partial charge is 0.489 e. The Morgan fingerprint density at radius 1 is 0.891 bits per heavy atom. The van der Waals surface area contributed by atoms with Gasteiger partial charge >= 0.3 is 12.1 Å². The van der Waals surface area contributed by atoms with Gasteiger partial charge in [0.1, 0.15) is 23.7 Å². The van der Waals surface area contributed by atoms with Gasteiger partial charge in [-0.1, -0.05) is 42.5 Å². The molecule has 0 aromatic heterocycles. The fraction of sp³-hybridized carbons (Fsp3) is 0.568. The molecule has 4 rings (SSSR count). The number of likely N-dealkylation sites (tertiary alicyclic amines) is 2. The Labute approximate surface area is 273 Å². The maximum Gasteiger partial charge on any atom is 0.410 e. The van der Waals surface area contributed by atoms with Crippen molar-refractivity contribution in [3.63, 3.8) is 0 Å². The van der Waals surface area contributed by atoms with E-state index in [1.165, 1.54) is 7.11 Å². The average molecular weight is 635 g/mol. The molecule has 46 heavy (non-hydrogen) atoms. The summed E-state index contributed by atoms with van der Waals surface area (Å²) in [5, 5.41) is 0. The second kappa shape index (κ2) is 16.6. The number of ether oxygens (including phenoxy) is 3. The minimum Gasteiger partial charge on any atom is -0.489 e. The van der Waals surface area contributed by atoms with Gasteiger partial charge in [0.25, 0.3) is 0 Å². The molecule has 2 amide bonds. The maximum absolute atomic E-state index is 13.6. The molecular formula is C37H50N2O7. The molecule has 2 saturated heterocycles. The zero-order valence-electron chi connectivity index (χ0n) is 27.9. The summed E-state index contributed by atoms with van der Waals surface area (Å²) >= 11 is 0. The molecule has 2 heterocycles. The smallest absolute Gasteiger partial charge is 0.410 e. The molecule has 0 radical (unpaired) electrons. The van der Waals surface area contributed by atoms with Crippen LogP contribution in [0.2, 0.25) is 0 Å². The summed E-state index contributed by atoms with van der Waals surface area (Å²) in [6.07, 6.45) is 4.45. The Morgan fingerprint density at radius 2 is 1.63 bits per heavy atom. The molecule has 250 valence electrons. The summed E-state index contributed by atoms with van der Waals surface area (Å²) in [6.45, 7) is 8.38. The lowest BCUT2D eigenvalue weighted by Gasteiger charge is -2.35. The van der Waals surface area contributed by atoms with Crippen molar-refractivity contribution in [1.29, 1.82) is 0 Å². The van der Waals surface area contributed by atoms with Gasteiger partial charge < -0.3 is 24.0 Å². The molecule has 2 aromatic carbocycles. The Morgan fingerprint density at radius 3 is 2.33 bits per heavy atom. The van der Waals surface area contributed by atoms with Gasteiger partial charge in [-0.3, -0.25) is 14.4 Å². The predicted octanol–water partition coefficient (Wildman–Crippen LogP) is 6.54. The van der Waals surface area contributed by atoms with Crippen molar-refractivity contribution >= 4 is 23.8 Å². The van der Waals surface area contributed by atoms with Crippen LogP contribution >= 0.6 is 0 Å². The zero-order chi connectivity index (χ0) is 33.1. The number of carbonyl (C=O) groups is 4. The quantitative estimate of drug-likeness (QED) is 0.245. The molecule has 9 nitrogen and oxygen atoms in total. The highest BCUT2D eigenvalue weighted by molar-refractivity contribution is 5.84. The van der Waals surface area contributed by atoms with Gasteiger partial charge in [-0.05, 0) is 82.1 Å². The van der Waals surface area contributed by atoms with Crippen LogP contribution in [0.25, 0.3) is 0 Å². The molecule has 0 spiro atoms. The average Bonchev–Trinajstić information content (AvgIpc) is 3.06. The lowest BCUT2D eigenvalue weighted by Crippen LogP contribution is -2.43. The first-order chi connectivity index (χ1) is 22.0. The maximum atomic E-state index is 13.6. The van der Waals surface area contributed by atoms with Crippen molar-refractivity contribution in [2.45, 2.75) is 90.3 Å². The summed E-state index contributed by atoms with van der Waals surface area (Å²) in [5.41, 5.74) is 1.39. The van der Waals surface area contributed by atoms with Crippen molar-refractivity contribution in [3.8, 4) is 5.75 Å². The van der Waals surface area contributed by atoms with Gasteiger partial charge in [0.05, 0.1) is 13.5 Å². The first-order valence-corrected chi connectivity index (χ1v) is 16.6. The Balaban J connectivity index is 1.28. The zero-order valence-corrected chi connectivity index (χ0v) is 27.9. The SMILES string of the molecule is COC(=O)C[C@H](CC(=O)[C@@H]1CCCN(C(=O)CCC2CCN(C(=O)OC(C)(C)C)CC2)C1)c1cccc(OCc2ccccc2)c1. The number of carbonyl (C=O) groups excluding carboxylic acids is 4. The molecule has 0 N–H and O–H groups in total. The molecule has 2 aromatic rings. The van der Waals surface area contributed by atoms with Crippen LogP contribution in [-0.2, 0) is 30.5 Å². The van der Waals surface area contributed by atoms with Crippen molar-refractivity contribution in [2.24, 2.45) is 11.8 Å². The Kier molecular flexibility index (Phi) is 12.6. The van der Waals surface area contributed by atoms with Gasteiger partial charge in [-0.25, -0.2) is 4.79 Å². The van der Waals surface area contributed by atoms with Gasteiger partial charge in [0.2, 0.25) is 5.91 Å². The minimum atomic E-state index is -0.515. The highest BCUT2D eigenvalue weighted by Gasteiger charge is 2.32. The van der Waals surface area contributed by atoms with E-state index in [-0.39, 0.29) is 48.4 Å². The number of hydrogen-bond donors (Lipinski definition) is 0. The molecule has 2 atom stereocenters. The molecule has 2 fully saturated rings. The van der Waals surface area contributed by atoms with E-state index in [2.05, 4.69) is 0 Å². The standard InChI is InChI=1S/C37H50N2O7/c1-37(2,3)46-36(43)38-20-17-27(18-21-38)15-16-34(41)39-19-9-13-30(25-39)33(40)23-31(24-35(42)44-4)29-12-8-14-32(22-29)45-26-28-10-6-5-7-11-28/h5-8,10-12,14,22,27,30-31H,9,13,15-21,23-26H2,1-4H3/t30-,31+/m1/s1. The molecule has 0 bridgehead atoms. The van der Waals surface area contributed by atoms with Crippen molar-refractivity contribution in [3.05, 3.63) is 65.7 Å². The van der Waals surface area contributed by atoms with Crippen LogP contribution in [0.15, 0.2) is 54.6 Å². The summed E-state index contributed by atoms with van der Waals surface area (Å²) in [4.78, 5) is 55.2. The van der Waals surface area contributed by atoms with Crippen LogP contribution in [0.5, 0.6) is 5.75 Å². The third kappa shape index (κ3) is 10.9. The lowest BCUT2D eigenvalue weighted by molar-refractivity contribution is -0.141. The molecular weight excluding hydrogens is 584 g/mol. The Bertz CT molecular complexity index is 1310. The van der Waals surface area contributed by atoms with E-state index < -0.39 is 5.60 Å². The van der Waals surface area contributed by atoms with Crippen LogP contribution in [0, 0.1) is 11.8 Å². The van der Waals surface area contributed by atoms with Gasteiger partial charge in [0.15, 0.2) is 0 Å². The fourth-order valence-electron chi connectivity index (χ4n) is 6.28. The van der Waals surface area contributed by atoms with Crippen LogP contribution in [0.1, 0.15) is 89.2 Å². The van der Waals surface area contributed by atoms with E-state index in [9.17, 15) is 19.2 Å². The third-order valence-corrected chi connectivity index (χ3v) is 8.93. The van der Waals surface area contributed by atoms with E-state index in [1.807, 2.05) is 80.3 Å². The summed E-state index contributed by atoms with van der Waals surface area (Å²) in [7, 11) is 1.36. The first kappa shape index (κ1) is 35.0.